The number of alkyl halides is 3. The number of carbonyl (C=O) groups excluding carboxylic acids is 2. The minimum Gasteiger partial charge on any atom is -0.350 e. The summed E-state index contributed by atoms with van der Waals surface area (Å²) in [6.45, 7) is 1.07. The van der Waals surface area contributed by atoms with Crippen LogP contribution in [0, 0.1) is 5.92 Å². The maximum absolute atomic E-state index is 13.9. The number of aryl methyl sites for hydroxylation is 1. The van der Waals surface area contributed by atoms with Crippen LogP contribution in [0.2, 0.25) is 0 Å². The van der Waals surface area contributed by atoms with E-state index in [9.17, 15) is 22.8 Å². The molecule has 224 valence electrons. The molecule has 2 aliphatic heterocycles. The molecule has 2 N–H and O–H groups in total. The SMILES string of the molecule is Cn1nnc2cc(CNC(=O)C3CC(Cc4ccccc4C(F)(F)F)CN3C(=O)C3CC(c4ccccc4)CN3)ccc21. The number of aromatic nitrogens is 3. The van der Waals surface area contributed by atoms with Gasteiger partial charge in [-0.15, -0.1) is 5.10 Å². The fourth-order valence-electron chi connectivity index (χ4n) is 6.46. The molecule has 3 aromatic carbocycles. The fourth-order valence-corrected chi connectivity index (χ4v) is 6.46. The van der Waals surface area contributed by atoms with Gasteiger partial charge in [0.15, 0.2) is 0 Å². The number of nitrogens with zero attached hydrogens (tertiary/aromatic N) is 4. The van der Waals surface area contributed by atoms with Crippen LogP contribution in [0.1, 0.15) is 41.0 Å². The number of hydrogen-bond acceptors (Lipinski definition) is 5. The summed E-state index contributed by atoms with van der Waals surface area (Å²) in [6.07, 6.45) is -3.49. The summed E-state index contributed by atoms with van der Waals surface area (Å²) in [5.41, 5.74) is 3.04. The van der Waals surface area contributed by atoms with Crippen molar-refractivity contribution in [1.82, 2.24) is 30.5 Å². The number of likely N-dealkylation sites (tertiary alicyclic amines) is 1. The molecule has 4 unspecified atom stereocenters. The van der Waals surface area contributed by atoms with Gasteiger partial charge < -0.3 is 15.5 Å². The lowest BCUT2D eigenvalue weighted by atomic mass is 9.93. The minimum absolute atomic E-state index is 0.122. The van der Waals surface area contributed by atoms with Crippen molar-refractivity contribution in [3.63, 3.8) is 0 Å². The Morgan fingerprint density at radius 1 is 1.02 bits per heavy atom. The summed E-state index contributed by atoms with van der Waals surface area (Å²) in [7, 11) is 1.80. The molecule has 0 saturated carbocycles. The third-order valence-corrected chi connectivity index (χ3v) is 8.65. The molecule has 3 heterocycles. The first-order valence-electron chi connectivity index (χ1n) is 14.5. The summed E-state index contributed by atoms with van der Waals surface area (Å²) in [4.78, 5) is 29.0. The Kier molecular flexibility index (Phi) is 7.91. The minimum atomic E-state index is -4.48. The van der Waals surface area contributed by atoms with Crippen molar-refractivity contribution in [3.05, 3.63) is 95.1 Å². The quantitative estimate of drug-likeness (QED) is 0.337. The van der Waals surface area contributed by atoms with Crippen molar-refractivity contribution in [1.29, 1.82) is 0 Å². The molecule has 4 aromatic rings. The van der Waals surface area contributed by atoms with Gasteiger partial charge in [-0.2, -0.15) is 13.2 Å². The van der Waals surface area contributed by atoms with Crippen LogP contribution in [0.5, 0.6) is 0 Å². The molecule has 2 aliphatic rings. The van der Waals surface area contributed by atoms with Gasteiger partial charge in [0, 0.05) is 26.7 Å². The van der Waals surface area contributed by atoms with Crippen LogP contribution in [0.3, 0.4) is 0 Å². The maximum atomic E-state index is 13.9. The van der Waals surface area contributed by atoms with Gasteiger partial charge in [-0.25, -0.2) is 4.68 Å². The van der Waals surface area contributed by atoms with Crippen LogP contribution in [0.25, 0.3) is 11.0 Å². The first kappa shape index (κ1) is 28.9. The number of benzene rings is 3. The van der Waals surface area contributed by atoms with Crippen LogP contribution >= 0.6 is 0 Å². The van der Waals surface area contributed by atoms with Gasteiger partial charge in [-0.05, 0) is 66.0 Å². The lowest BCUT2D eigenvalue weighted by molar-refractivity contribution is -0.140. The molecule has 2 fully saturated rings. The highest BCUT2D eigenvalue weighted by Gasteiger charge is 2.44. The molecule has 8 nitrogen and oxygen atoms in total. The Hall–Kier alpha value is -4.25. The topological polar surface area (TPSA) is 92.2 Å². The van der Waals surface area contributed by atoms with E-state index in [-0.39, 0.29) is 55.1 Å². The van der Waals surface area contributed by atoms with E-state index >= 15 is 0 Å². The van der Waals surface area contributed by atoms with E-state index in [1.165, 1.54) is 12.1 Å². The zero-order valence-electron chi connectivity index (χ0n) is 23.7. The lowest BCUT2D eigenvalue weighted by Crippen LogP contribution is -2.51. The highest BCUT2D eigenvalue weighted by Crippen LogP contribution is 2.36. The number of halogens is 3. The van der Waals surface area contributed by atoms with Crippen molar-refractivity contribution in [3.8, 4) is 0 Å². The largest absolute Gasteiger partial charge is 0.416 e. The van der Waals surface area contributed by atoms with Crippen molar-refractivity contribution >= 4 is 22.8 Å². The molecule has 2 amide bonds. The Morgan fingerprint density at radius 3 is 2.58 bits per heavy atom. The molecule has 0 radical (unpaired) electrons. The average Bonchev–Trinajstić information content (AvgIpc) is 3.75. The number of nitrogens with one attached hydrogen (secondary N) is 2. The second-order valence-electron chi connectivity index (χ2n) is 11.5. The van der Waals surface area contributed by atoms with Gasteiger partial charge in [0.2, 0.25) is 11.8 Å². The zero-order chi connectivity index (χ0) is 30.1. The molecule has 1 aromatic heterocycles. The summed E-state index contributed by atoms with van der Waals surface area (Å²) < 4.78 is 42.8. The maximum Gasteiger partial charge on any atom is 0.416 e. The Bertz CT molecular complexity index is 1620. The lowest BCUT2D eigenvalue weighted by Gasteiger charge is -2.27. The van der Waals surface area contributed by atoms with E-state index < -0.39 is 23.8 Å². The molecular weight excluding hydrogens is 557 g/mol. The first-order chi connectivity index (χ1) is 20.7. The van der Waals surface area contributed by atoms with E-state index in [1.54, 1.807) is 22.7 Å². The molecule has 0 bridgehead atoms. The standard InChI is InChI=1S/C32H33F3N6O2/c1-40-28-12-11-20(14-26(28)38-39-40)17-37-30(42)29-15-21(13-23-9-5-6-10-25(23)32(33,34)35)19-41(29)31(43)27-16-24(18-36-27)22-7-3-2-4-8-22/h2-12,14,21,24,27,29,36H,13,15-19H2,1H3,(H,37,42). The summed E-state index contributed by atoms with van der Waals surface area (Å²) in [5, 5.41) is 14.4. The van der Waals surface area contributed by atoms with Crippen LogP contribution in [0.15, 0.2) is 72.8 Å². The first-order valence-corrected chi connectivity index (χ1v) is 14.5. The molecule has 2 saturated heterocycles. The van der Waals surface area contributed by atoms with Crippen molar-refractivity contribution in [2.24, 2.45) is 13.0 Å². The molecule has 43 heavy (non-hydrogen) atoms. The van der Waals surface area contributed by atoms with Gasteiger partial charge >= 0.3 is 6.18 Å². The average molecular weight is 591 g/mol. The Morgan fingerprint density at radius 2 is 1.79 bits per heavy atom. The van der Waals surface area contributed by atoms with Crippen molar-refractivity contribution in [2.75, 3.05) is 13.1 Å². The van der Waals surface area contributed by atoms with Crippen LogP contribution < -0.4 is 10.6 Å². The van der Waals surface area contributed by atoms with Crippen LogP contribution in [-0.2, 0) is 35.8 Å². The second-order valence-corrected chi connectivity index (χ2v) is 11.5. The third kappa shape index (κ3) is 6.13. The summed E-state index contributed by atoms with van der Waals surface area (Å²) >= 11 is 0. The van der Waals surface area contributed by atoms with Crippen LogP contribution in [0.4, 0.5) is 13.2 Å². The number of fused-ring (bicyclic) bond motifs is 1. The molecule has 4 atom stereocenters. The fraction of sp³-hybridized carbons (Fsp3) is 0.375. The third-order valence-electron chi connectivity index (χ3n) is 8.65. The van der Waals surface area contributed by atoms with E-state index in [1.807, 2.05) is 48.5 Å². The molecule has 0 spiro atoms. The van der Waals surface area contributed by atoms with Crippen LogP contribution in [-0.4, -0.2) is 56.9 Å². The zero-order valence-corrected chi connectivity index (χ0v) is 23.7. The van der Waals surface area contributed by atoms with Gasteiger partial charge in [0.05, 0.1) is 17.1 Å². The summed E-state index contributed by atoms with van der Waals surface area (Å²) in [6, 6.07) is 19.8. The Labute approximate surface area is 247 Å². The smallest absolute Gasteiger partial charge is 0.350 e. The molecule has 11 heteroatoms. The summed E-state index contributed by atoms with van der Waals surface area (Å²) in [5.74, 6) is -0.649. The molecule has 6 rings (SSSR count). The number of carbonyl (C=O) groups is 2. The number of amides is 2. The highest BCUT2D eigenvalue weighted by atomic mass is 19.4. The normalized spacial score (nSPS) is 22.3. The highest BCUT2D eigenvalue weighted by molar-refractivity contribution is 5.90. The number of hydrogen-bond donors (Lipinski definition) is 2. The van der Waals surface area contributed by atoms with E-state index in [0.29, 0.717) is 18.5 Å². The van der Waals surface area contributed by atoms with Crippen molar-refractivity contribution < 1.29 is 22.8 Å². The van der Waals surface area contributed by atoms with Crippen molar-refractivity contribution in [2.45, 2.75) is 50.0 Å². The monoisotopic (exact) mass is 590 g/mol. The molecule has 0 aliphatic carbocycles. The predicted molar refractivity (Wildman–Crippen MR) is 155 cm³/mol. The number of rotatable bonds is 7. The second kappa shape index (κ2) is 11.8. The van der Waals surface area contributed by atoms with E-state index in [2.05, 4.69) is 20.9 Å². The van der Waals surface area contributed by atoms with E-state index in [0.717, 1.165) is 22.7 Å². The molecular formula is C32H33F3N6O2. The van der Waals surface area contributed by atoms with E-state index in [4.69, 9.17) is 0 Å². The van der Waals surface area contributed by atoms with Gasteiger partial charge in [-0.1, -0.05) is 59.8 Å². The van der Waals surface area contributed by atoms with Gasteiger partial charge in [0.1, 0.15) is 11.6 Å². The predicted octanol–water partition coefficient (Wildman–Crippen LogP) is 4.21. The van der Waals surface area contributed by atoms with Gasteiger partial charge in [-0.3, -0.25) is 9.59 Å². The Balaban J connectivity index is 1.19. The van der Waals surface area contributed by atoms with Gasteiger partial charge in [0.25, 0.3) is 0 Å².